The van der Waals surface area contributed by atoms with E-state index in [4.69, 9.17) is 4.74 Å². The van der Waals surface area contributed by atoms with Crippen LogP contribution in [0.2, 0.25) is 0 Å². The van der Waals surface area contributed by atoms with Gasteiger partial charge < -0.3 is 10.1 Å². The van der Waals surface area contributed by atoms with Gasteiger partial charge in [0.25, 0.3) is 0 Å². The van der Waals surface area contributed by atoms with Crippen molar-refractivity contribution in [3.63, 3.8) is 0 Å². The van der Waals surface area contributed by atoms with Gasteiger partial charge in [-0.2, -0.15) is 0 Å². The summed E-state index contributed by atoms with van der Waals surface area (Å²) in [5.41, 5.74) is 1.32. The van der Waals surface area contributed by atoms with Crippen molar-refractivity contribution in [2.45, 2.75) is 25.8 Å². The predicted octanol–water partition coefficient (Wildman–Crippen LogP) is 2.99. The summed E-state index contributed by atoms with van der Waals surface area (Å²) in [5.74, 6) is 0.172. The first kappa shape index (κ1) is 13.6. The summed E-state index contributed by atoms with van der Waals surface area (Å²) >= 11 is 1.77. The molecule has 4 heteroatoms. The van der Waals surface area contributed by atoms with Crippen molar-refractivity contribution in [2.24, 2.45) is 5.92 Å². The molecule has 1 aromatic heterocycles. The monoisotopic (exact) mass is 289 g/mol. The van der Waals surface area contributed by atoms with Gasteiger partial charge in [0.1, 0.15) is 0 Å². The summed E-state index contributed by atoms with van der Waals surface area (Å²) in [6.07, 6.45) is 1.73. The predicted molar refractivity (Wildman–Crippen MR) is 82.1 cm³/mol. The van der Waals surface area contributed by atoms with Gasteiger partial charge in [-0.3, -0.25) is 4.79 Å². The average molecular weight is 289 g/mol. The molecule has 0 bridgehead atoms. The van der Waals surface area contributed by atoms with E-state index in [9.17, 15) is 4.79 Å². The molecule has 0 unspecified atom stereocenters. The first-order valence-electron chi connectivity index (χ1n) is 7.07. The Balaban J connectivity index is 1.63. The molecular formula is C16H19NO2S. The van der Waals surface area contributed by atoms with Gasteiger partial charge in [0.2, 0.25) is 5.91 Å². The van der Waals surface area contributed by atoms with Crippen molar-refractivity contribution in [3.05, 3.63) is 35.2 Å². The molecule has 1 saturated heterocycles. The number of nitrogens with one attached hydrogen (secondary N) is 1. The summed E-state index contributed by atoms with van der Waals surface area (Å²) in [6.45, 7) is 3.35. The molecule has 2 heterocycles. The summed E-state index contributed by atoms with van der Waals surface area (Å²) in [4.78, 5) is 12.1. The van der Waals surface area contributed by atoms with Gasteiger partial charge in [-0.1, -0.05) is 18.2 Å². The Bertz CT molecular complexity index is 601. The molecule has 106 valence electrons. The molecule has 1 aliphatic heterocycles. The second-order valence-corrected chi connectivity index (χ2v) is 6.34. The minimum Gasteiger partial charge on any atom is -0.381 e. The van der Waals surface area contributed by atoms with E-state index in [1.54, 1.807) is 11.3 Å². The van der Waals surface area contributed by atoms with Gasteiger partial charge in [0, 0.05) is 17.3 Å². The molecule has 20 heavy (non-hydrogen) atoms. The maximum absolute atomic E-state index is 12.1. The second-order valence-electron chi connectivity index (χ2n) is 5.43. The van der Waals surface area contributed by atoms with Crippen LogP contribution in [0.3, 0.4) is 0 Å². The summed E-state index contributed by atoms with van der Waals surface area (Å²) in [5, 5.41) is 6.62. The lowest BCUT2D eigenvalue weighted by Gasteiger charge is -2.16. The number of benzene rings is 1. The highest BCUT2D eigenvalue weighted by Crippen LogP contribution is 2.26. The number of hydrogen-bond acceptors (Lipinski definition) is 3. The quantitative estimate of drug-likeness (QED) is 0.939. The summed E-state index contributed by atoms with van der Waals surface area (Å²) in [7, 11) is 0. The van der Waals surface area contributed by atoms with Crippen molar-refractivity contribution in [3.8, 4) is 0 Å². The third kappa shape index (κ3) is 2.86. The molecule has 3 nitrogen and oxygen atoms in total. The van der Waals surface area contributed by atoms with Gasteiger partial charge in [-0.25, -0.2) is 0 Å². The van der Waals surface area contributed by atoms with Crippen molar-refractivity contribution in [1.82, 2.24) is 5.32 Å². The fourth-order valence-corrected chi connectivity index (χ4v) is 3.65. The molecule has 1 N–H and O–H groups in total. The minimum absolute atomic E-state index is 0.0386. The van der Waals surface area contributed by atoms with E-state index in [1.807, 2.05) is 0 Å². The van der Waals surface area contributed by atoms with Crippen LogP contribution in [0.5, 0.6) is 0 Å². The molecule has 2 aromatic rings. The second kappa shape index (κ2) is 5.94. The Kier molecular flexibility index (Phi) is 4.03. The lowest BCUT2D eigenvalue weighted by Crippen LogP contribution is -2.38. The van der Waals surface area contributed by atoms with Gasteiger partial charge >= 0.3 is 0 Å². The van der Waals surface area contributed by atoms with E-state index < -0.39 is 0 Å². The van der Waals surface area contributed by atoms with Crippen LogP contribution in [0.1, 0.15) is 18.9 Å². The zero-order valence-electron chi connectivity index (χ0n) is 11.6. The third-order valence-electron chi connectivity index (χ3n) is 3.78. The number of ether oxygens (including phenoxy) is 1. The van der Waals surface area contributed by atoms with Crippen LogP contribution in [-0.2, 0) is 16.0 Å². The molecule has 0 aliphatic carbocycles. The molecule has 3 rings (SSSR count). The smallest absolute Gasteiger partial charge is 0.225 e. The molecule has 1 amide bonds. The Morgan fingerprint density at radius 2 is 2.35 bits per heavy atom. The number of carbonyl (C=O) groups is 1. The van der Waals surface area contributed by atoms with Crippen LogP contribution in [0, 0.1) is 5.92 Å². The maximum Gasteiger partial charge on any atom is 0.225 e. The van der Waals surface area contributed by atoms with Gasteiger partial charge in [-0.05, 0) is 42.2 Å². The van der Waals surface area contributed by atoms with Crippen LogP contribution in [-0.4, -0.2) is 25.2 Å². The number of carbonyl (C=O) groups excluding carboxylic acids is 1. The zero-order valence-corrected chi connectivity index (χ0v) is 12.4. The SMILES string of the molecule is C[C@@H](Cc1csc2ccccc12)NC(=O)[C@@H]1CCOC1. The number of hydrogen-bond donors (Lipinski definition) is 1. The maximum atomic E-state index is 12.1. The van der Waals surface area contributed by atoms with E-state index >= 15 is 0 Å². The van der Waals surface area contributed by atoms with E-state index in [1.165, 1.54) is 15.6 Å². The van der Waals surface area contributed by atoms with Crippen LogP contribution in [0.4, 0.5) is 0 Å². The Morgan fingerprint density at radius 3 is 3.15 bits per heavy atom. The fraction of sp³-hybridized carbons (Fsp3) is 0.438. The number of fused-ring (bicyclic) bond motifs is 1. The Morgan fingerprint density at radius 1 is 1.50 bits per heavy atom. The topological polar surface area (TPSA) is 38.3 Å². The lowest BCUT2D eigenvalue weighted by atomic mass is 10.0. The summed E-state index contributed by atoms with van der Waals surface area (Å²) < 4.78 is 6.57. The van der Waals surface area contributed by atoms with Crippen molar-refractivity contribution < 1.29 is 9.53 Å². The Labute approximate surface area is 122 Å². The third-order valence-corrected chi connectivity index (χ3v) is 4.79. The largest absolute Gasteiger partial charge is 0.381 e. The lowest BCUT2D eigenvalue weighted by molar-refractivity contribution is -0.125. The van der Waals surface area contributed by atoms with Crippen molar-refractivity contribution in [1.29, 1.82) is 0 Å². The van der Waals surface area contributed by atoms with E-state index in [0.29, 0.717) is 13.2 Å². The molecule has 0 spiro atoms. The van der Waals surface area contributed by atoms with E-state index in [2.05, 4.69) is 41.9 Å². The van der Waals surface area contributed by atoms with Crippen LogP contribution < -0.4 is 5.32 Å². The molecular weight excluding hydrogens is 270 g/mol. The first-order valence-corrected chi connectivity index (χ1v) is 7.95. The average Bonchev–Trinajstić information content (AvgIpc) is 3.09. The minimum atomic E-state index is 0.0386. The van der Waals surface area contributed by atoms with Crippen LogP contribution >= 0.6 is 11.3 Å². The van der Waals surface area contributed by atoms with E-state index in [-0.39, 0.29) is 17.9 Å². The van der Waals surface area contributed by atoms with Crippen LogP contribution in [0.25, 0.3) is 10.1 Å². The van der Waals surface area contributed by atoms with E-state index in [0.717, 1.165) is 12.8 Å². The zero-order chi connectivity index (χ0) is 13.9. The van der Waals surface area contributed by atoms with Crippen LogP contribution in [0.15, 0.2) is 29.6 Å². The number of amides is 1. The highest BCUT2D eigenvalue weighted by Gasteiger charge is 2.24. The van der Waals surface area contributed by atoms with Crippen molar-refractivity contribution in [2.75, 3.05) is 13.2 Å². The highest BCUT2D eigenvalue weighted by molar-refractivity contribution is 7.17. The fourth-order valence-electron chi connectivity index (χ4n) is 2.67. The molecule has 1 aliphatic rings. The molecule has 0 saturated carbocycles. The molecule has 2 atom stereocenters. The molecule has 1 aromatic carbocycles. The highest BCUT2D eigenvalue weighted by atomic mass is 32.1. The Hall–Kier alpha value is -1.39. The summed E-state index contributed by atoms with van der Waals surface area (Å²) in [6, 6.07) is 8.58. The van der Waals surface area contributed by atoms with Gasteiger partial charge in [-0.15, -0.1) is 11.3 Å². The van der Waals surface area contributed by atoms with Crippen molar-refractivity contribution >= 4 is 27.3 Å². The number of thiophene rings is 1. The normalized spacial score (nSPS) is 20.1. The molecule has 0 radical (unpaired) electrons. The number of rotatable bonds is 4. The standard InChI is InChI=1S/C16H19NO2S/c1-11(17-16(18)12-6-7-19-9-12)8-13-10-20-15-5-3-2-4-14(13)15/h2-5,10-12H,6-9H2,1H3,(H,17,18)/t11-,12+/m0/s1. The van der Waals surface area contributed by atoms with Gasteiger partial charge in [0.05, 0.1) is 12.5 Å². The van der Waals surface area contributed by atoms with Gasteiger partial charge in [0.15, 0.2) is 0 Å². The molecule has 1 fully saturated rings. The first-order chi connectivity index (χ1) is 9.74.